The van der Waals surface area contributed by atoms with Gasteiger partial charge in [-0.2, -0.15) is 0 Å². The van der Waals surface area contributed by atoms with Crippen LogP contribution in [0, 0.1) is 0 Å². The average Bonchev–Trinajstić information content (AvgIpc) is 2.39. The summed E-state index contributed by atoms with van der Waals surface area (Å²) in [4.78, 5) is -1.30. The number of rotatable bonds is 3. The van der Waals surface area contributed by atoms with Crippen LogP contribution in [-0.2, 0) is 20.0 Å². The lowest BCUT2D eigenvalue weighted by Crippen LogP contribution is -2.09. The summed E-state index contributed by atoms with van der Waals surface area (Å²) in [6.45, 7) is 0. The minimum Gasteiger partial charge on any atom is -0.744 e. The Kier molecular flexibility index (Phi) is 3.44. The van der Waals surface area contributed by atoms with Gasteiger partial charge in [0, 0.05) is 0 Å². The maximum absolute atomic E-state index is 12.3. The fourth-order valence-corrected chi connectivity index (χ4v) is 4.16. The van der Waals surface area contributed by atoms with E-state index in [-0.39, 0.29) is 4.90 Å². The van der Waals surface area contributed by atoms with Gasteiger partial charge in [0.2, 0.25) is 9.84 Å². The Bertz CT molecular complexity index is 793. The molecule has 0 N–H and O–H groups in total. The molecule has 2 rings (SSSR count). The highest BCUT2D eigenvalue weighted by atomic mass is 32.2. The van der Waals surface area contributed by atoms with Gasteiger partial charge < -0.3 is 4.55 Å². The molecule has 0 heterocycles. The molecule has 19 heavy (non-hydrogen) atoms. The number of sulfone groups is 1. The van der Waals surface area contributed by atoms with Crippen molar-refractivity contribution in [1.29, 1.82) is 0 Å². The summed E-state index contributed by atoms with van der Waals surface area (Å²) < 4.78 is 57.9. The summed E-state index contributed by atoms with van der Waals surface area (Å²) in [5.74, 6) is 0. The Labute approximate surface area is 111 Å². The van der Waals surface area contributed by atoms with E-state index in [1.54, 1.807) is 6.07 Å². The summed E-state index contributed by atoms with van der Waals surface area (Å²) in [7, 11) is -8.89. The molecule has 0 aliphatic rings. The van der Waals surface area contributed by atoms with Gasteiger partial charge in [0.25, 0.3) is 0 Å². The van der Waals surface area contributed by atoms with Crippen molar-refractivity contribution in [3.8, 4) is 0 Å². The topological polar surface area (TPSA) is 91.3 Å². The number of hydrogen-bond acceptors (Lipinski definition) is 5. The lowest BCUT2D eigenvalue weighted by molar-refractivity contribution is 0.460. The fraction of sp³-hybridized carbons (Fsp3) is 0. The second kappa shape index (κ2) is 4.76. The largest absolute Gasteiger partial charge is 0.744 e. The maximum atomic E-state index is 12.3. The van der Waals surface area contributed by atoms with Crippen molar-refractivity contribution in [3.05, 3.63) is 54.6 Å². The van der Waals surface area contributed by atoms with E-state index in [0.717, 1.165) is 12.1 Å². The van der Waals surface area contributed by atoms with Gasteiger partial charge >= 0.3 is 0 Å². The van der Waals surface area contributed by atoms with Crippen molar-refractivity contribution in [3.63, 3.8) is 0 Å². The maximum Gasteiger partial charge on any atom is 0.207 e. The van der Waals surface area contributed by atoms with E-state index in [1.165, 1.54) is 36.4 Å². The van der Waals surface area contributed by atoms with E-state index in [0.29, 0.717) is 0 Å². The third-order valence-corrected chi connectivity index (χ3v) is 5.31. The summed E-state index contributed by atoms with van der Waals surface area (Å²) in [6, 6.07) is 12.1. The highest BCUT2D eigenvalue weighted by Gasteiger charge is 2.23. The molecule has 0 unspecified atom stereocenters. The highest BCUT2D eigenvalue weighted by molar-refractivity contribution is 7.92. The number of hydrogen-bond donors (Lipinski definition) is 0. The molecule has 0 aliphatic heterocycles. The van der Waals surface area contributed by atoms with E-state index in [2.05, 4.69) is 0 Å². The minimum absolute atomic E-state index is 0.0638. The monoisotopic (exact) mass is 297 g/mol. The van der Waals surface area contributed by atoms with Crippen molar-refractivity contribution >= 4 is 20.0 Å². The SMILES string of the molecule is O=S(=O)([O-])c1ccccc1S(=O)(=O)c1ccccc1. The normalized spacial score (nSPS) is 12.3. The smallest absolute Gasteiger partial charge is 0.207 e. The van der Waals surface area contributed by atoms with Gasteiger partial charge in [-0.15, -0.1) is 0 Å². The molecule has 2 aromatic carbocycles. The van der Waals surface area contributed by atoms with Gasteiger partial charge in [-0.1, -0.05) is 30.3 Å². The second-order valence-electron chi connectivity index (χ2n) is 3.72. The minimum atomic E-state index is -4.85. The van der Waals surface area contributed by atoms with Crippen LogP contribution in [0.5, 0.6) is 0 Å². The number of benzene rings is 2. The molecule has 0 aliphatic carbocycles. The third kappa shape index (κ3) is 2.67. The van der Waals surface area contributed by atoms with Crippen LogP contribution in [0.3, 0.4) is 0 Å². The lowest BCUT2D eigenvalue weighted by atomic mass is 10.4. The quantitative estimate of drug-likeness (QED) is 0.799. The average molecular weight is 297 g/mol. The van der Waals surface area contributed by atoms with Crippen molar-refractivity contribution < 1.29 is 21.4 Å². The van der Waals surface area contributed by atoms with Gasteiger partial charge in [-0.3, -0.25) is 0 Å². The van der Waals surface area contributed by atoms with Crippen LogP contribution in [0.25, 0.3) is 0 Å². The van der Waals surface area contributed by atoms with Crippen molar-refractivity contribution in [2.45, 2.75) is 14.7 Å². The fourth-order valence-electron chi connectivity index (χ4n) is 1.61. The molecule has 100 valence electrons. The first kappa shape index (κ1) is 13.7. The van der Waals surface area contributed by atoms with Crippen LogP contribution in [0.4, 0.5) is 0 Å². The third-order valence-electron chi connectivity index (χ3n) is 2.46. The molecule has 5 nitrogen and oxygen atoms in total. The Balaban J connectivity index is 2.74. The first-order valence-electron chi connectivity index (χ1n) is 5.18. The molecular weight excluding hydrogens is 288 g/mol. The summed E-state index contributed by atoms with van der Waals surface area (Å²) in [5, 5.41) is 0. The molecule has 0 radical (unpaired) electrons. The Morgan fingerprint density at radius 3 is 1.68 bits per heavy atom. The molecule has 2 aromatic rings. The van der Waals surface area contributed by atoms with Crippen LogP contribution >= 0.6 is 0 Å². The molecule has 0 bridgehead atoms. The van der Waals surface area contributed by atoms with Crippen LogP contribution in [0.2, 0.25) is 0 Å². The predicted octanol–water partition coefficient (Wildman–Crippen LogP) is 1.42. The summed E-state index contributed by atoms with van der Waals surface area (Å²) in [5.41, 5.74) is 0. The molecule has 0 saturated heterocycles. The zero-order valence-corrected chi connectivity index (χ0v) is 11.2. The van der Waals surface area contributed by atoms with Gasteiger partial charge in [0.05, 0.1) is 14.7 Å². The van der Waals surface area contributed by atoms with E-state index in [9.17, 15) is 21.4 Å². The molecule has 0 fully saturated rings. The molecule has 0 saturated carbocycles. The van der Waals surface area contributed by atoms with E-state index >= 15 is 0 Å². The second-order valence-corrected chi connectivity index (χ2v) is 6.98. The predicted molar refractivity (Wildman–Crippen MR) is 66.3 cm³/mol. The summed E-state index contributed by atoms with van der Waals surface area (Å²) >= 11 is 0. The summed E-state index contributed by atoms with van der Waals surface area (Å²) in [6.07, 6.45) is 0. The van der Waals surface area contributed by atoms with E-state index < -0.39 is 29.7 Å². The van der Waals surface area contributed by atoms with Crippen molar-refractivity contribution in [2.75, 3.05) is 0 Å². The van der Waals surface area contributed by atoms with Gasteiger partial charge in [-0.05, 0) is 24.3 Å². The van der Waals surface area contributed by atoms with Gasteiger partial charge in [0.1, 0.15) is 10.1 Å². The van der Waals surface area contributed by atoms with Crippen LogP contribution in [0.15, 0.2) is 69.3 Å². The Morgan fingerprint density at radius 2 is 1.16 bits per heavy atom. The standard InChI is InChI=1S/C12H10O5S2/c13-18(14,10-6-2-1-3-7-10)11-8-4-5-9-12(11)19(15,16)17/h1-9H,(H,15,16,17)/p-1. The van der Waals surface area contributed by atoms with Crippen LogP contribution in [0.1, 0.15) is 0 Å². The highest BCUT2D eigenvalue weighted by Crippen LogP contribution is 2.26. The van der Waals surface area contributed by atoms with Crippen molar-refractivity contribution in [2.24, 2.45) is 0 Å². The van der Waals surface area contributed by atoms with Crippen LogP contribution < -0.4 is 0 Å². The van der Waals surface area contributed by atoms with E-state index in [4.69, 9.17) is 0 Å². The first-order valence-corrected chi connectivity index (χ1v) is 8.08. The molecular formula is C12H9O5S2-. The zero-order valence-electron chi connectivity index (χ0n) is 9.55. The Morgan fingerprint density at radius 1 is 0.684 bits per heavy atom. The molecule has 0 aromatic heterocycles. The van der Waals surface area contributed by atoms with Gasteiger partial charge in [0.15, 0.2) is 0 Å². The lowest BCUT2D eigenvalue weighted by Gasteiger charge is -2.13. The molecule has 0 atom stereocenters. The molecule has 7 heteroatoms. The molecule has 0 amide bonds. The van der Waals surface area contributed by atoms with Gasteiger partial charge in [-0.25, -0.2) is 16.8 Å². The first-order chi connectivity index (χ1) is 8.83. The van der Waals surface area contributed by atoms with Crippen molar-refractivity contribution in [1.82, 2.24) is 0 Å². The van der Waals surface area contributed by atoms with Crippen LogP contribution in [-0.4, -0.2) is 21.4 Å². The zero-order chi connectivity index (χ0) is 14.1. The Hall–Kier alpha value is -1.70. The van der Waals surface area contributed by atoms with E-state index in [1.807, 2.05) is 0 Å². The molecule has 0 spiro atoms.